The third-order valence-electron chi connectivity index (χ3n) is 15.0. The van der Waals surface area contributed by atoms with Crippen molar-refractivity contribution in [1.29, 1.82) is 0 Å². The van der Waals surface area contributed by atoms with E-state index >= 15 is 4.39 Å². The number of rotatable bonds is 25. The number of aryl methyl sites for hydroxylation is 2. The van der Waals surface area contributed by atoms with Gasteiger partial charge in [-0.15, -0.1) is 0 Å². The number of nitrogens with zero attached hydrogens (tertiary/aromatic N) is 3. The maximum atomic E-state index is 15.7. The van der Waals surface area contributed by atoms with Crippen LogP contribution in [0.15, 0.2) is 47.3 Å². The highest BCUT2D eigenvalue weighted by atomic mass is 19.1. The van der Waals surface area contributed by atoms with E-state index < -0.39 is 95.7 Å². The molecule has 8 rings (SSSR count). The number of carbonyl (C=O) groups is 7. The maximum Gasteiger partial charge on any atom is 0.355 e. The number of hydrogen-bond donors (Lipinski definition) is 5. The molecule has 5 atom stereocenters. The summed E-state index contributed by atoms with van der Waals surface area (Å²) in [6, 6.07) is 7.97. The number of aromatic nitrogens is 2. The van der Waals surface area contributed by atoms with Gasteiger partial charge in [0.25, 0.3) is 5.56 Å². The van der Waals surface area contributed by atoms with Crippen LogP contribution in [0.4, 0.5) is 4.39 Å². The van der Waals surface area contributed by atoms with Gasteiger partial charge in [0.05, 0.1) is 81.1 Å². The number of halogens is 1. The van der Waals surface area contributed by atoms with E-state index in [2.05, 4.69) is 16.0 Å². The number of cyclic esters (lactones) is 1. The number of likely N-dealkylation sites (tertiary alicyclic amines) is 1. The van der Waals surface area contributed by atoms with Gasteiger partial charge >= 0.3 is 17.9 Å². The third-order valence-corrected chi connectivity index (χ3v) is 15.0. The summed E-state index contributed by atoms with van der Waals surface area (Å²) in [5, 5.41) is 18.8. The van der Waals surface area contributed by atoms with E-state index in [0.717, 1.165) is 16.7 Å². The standard InChI is InChI=1S/C56H68FN7O14/c1-5-56(78-54(72)49(31(2)3)62-51(69)42-12-9-19-63(42)53(71)41(28-46(67)68)60-45(66)17-20-74-22-24-76-25-23-75-21-18-58)37-26-43-50-35(29-64(43)52(70)36(37)30-77-55(56)73)48-39(59-44(65)16-13-33-10-7-6-8-11-33)15-14-34-32(4)38(57)27-40(61-50)47(34)48/h6-8,10-11,26-27,31,39,41-42,49H,5,9,12-25,28-30,58H2,1-4H3,(H,59,65)(H,60,66)(H,62,69)(H,67,68)/t39-,41-,42-,49-,56-/m0/s1. The summed E-state index contributed by atoms with van der Waals surface area (Å²) in [6.07, 6.45) is 1.03. The lowest BCUT2D eigenvalue weighted by molar-refractivity contribution is -0.191. The number of carboxylic acid groups (broad SMARTS) is 1. The van der Waals surface area contributed by atoms with Crippen LogP contribution in [0.25, 0.3) is 22.3 Å². The fourth-order valence-electron chi connectivity index (χ4n) is 10.9. The Hall–Kier alpha value is -7.14. The number of nitrogens with one attached hydrogen (secondary N) is 3. The van der Waals surface area contributed by atoms with Crippen molar-refractivity contribution in [3.8, 4) is 11.4 Å². The van der Waals surface area contributed by atoms with Crippen LogP contribution in [-0.2, 0) is 88.8 Å². The minimum Gasteiger partial charge on any atom is -0.481 e. The van der Waals surface area contributed by atoms with Crippen LogP contribution >= 0.6 is 0 Å². The first kappa shape index (κ1) is 57.0. The van der Waals surface area contributed by atoms with Gasteiger partial charge in [0.15, 0.2) is 0 Å². The zero-order valence-corrected chi connectivity index (χ0v) is 44.4. The average Bonchev–Trinajstić information content (AvgIpc) is 4.22. The van der Waals surface area contributed by atoms with E-state index in [9.17, 15) is 43.5 Å². The fraction of sp³-hybridized carbons (Fsp3) is 0.518. The van der Waals surface area contributed by atoms with E-state index in [1.807, 2.05) is 30.3 Å². The summed E-state index contributed by atoms with van der Waals surface area (Å²) in [7, 11) is 0. The van der Waals surface area contributed by atoms with Crippen LogP contribution < -0.4 is 27.2 Å². The number of nitrogens with two attached hydrogens (primary N) is 1. The van der Waals surface area contributed by atoms with Crippen LogP contribution in [0.2, 0.25) is 0 Å². The van der Waals surface area contributed by atoms with Crippen molar-refractivity contribution in [2.45, 2.75) is 128 Å². The lowest BCUT2D eigenvalue weighted by Gasteiger charge is -2.37. The minimum absolute atomic E-state index is 0.0405. The van der Waals surface area contributed by atoms with Gasteiger partial charge in [-0.1, -0.05) is 51.1 Å². The lowest BCUT2D eigenvalue weighted by Crippen LogP contribution is -2.57. The summed E-state index contributed by atoms with van der Waals surface area (Å²) < 4.78 is 45.1. The Morgan fingerprint density at radius 1 is 0.923 bits per heavy atom. The molecular formula is C56H68FN7O14. The molecule has 2 aromatic heterocycles. The van der Waals surface area contributed by atoms with E-state index in [1.54, 1.807) is 33.8 Å². The topological polar surface area (TPSA) is 286 Å². The number of aliphatic carboxylic acids is 1. The molecule has 22 heteroatoms. The molecular weight excluding hydrogens is 1010 g/mol. The highest BCUT2D eigenvalue weighted by molar-refractivity contribution is 5.97. The van der Waals surface area contributed by atoms with E-state index in [-0.39, 0.29) is 81.3 Å². The zero-order chi connectivity index (χ0) is 55.8. The van der Waals surface area contributed by atoms with E-state index in [1.165, 1.54) is 15.5 Å². The Kier molecular flexibility index (Phi) is 18.4. The molecule has 4 amide bonds. The number of fused-ring (bicyclic) bond motifs is 5. The Morgan fingerprint density at radius 2 is 1.64 bits per heavy atom. The van der Waals surface area contributed by atoms with Gasteiger partial charge in [-0.3, -0.25) is 28.8 Å². The second kappa shape index (κ2) is 25.1. The van der Waals surface area contributed by atoms with Crippen LogP contribution in [0.3, 0.4) is 0 Å². The number of amides is 4. The highest BCUT2D eigenvalue weighted by Gasteiger charge is 2.52. The minimum atomic E-state index is -2.19. The second-order valence-electron chi connectivity index (χ2n) is 20.4. The molecule has 4 aromatic rings. The Morgan fingerprint density at radius 3 is 2.33 bits per heavy atom. The maximum absolute atomic E-state index is 15.7. The van der Waals surface area contributed by atoms with Crippen LogP contribution in [0.1, 0.15) is 111 Å². The molecule has 2 aromatic carbocycles. The number of carbonyl (C=O) groups excluding carboxylic acids is 6. The number of ether oxygens (including phenoxy) is 5. The molecule has 0 bridgehead atoms. The van der Waals surface area contributed by atoms with Crippen molar-refractivity contribution >= 4 is 52.4 Å². The first-order valence-electron chi connectivity index (χ1n) is 26.7. The van der Waals surface area contributed by atoms with Gasteiger partial charge in [-0.25, -0.2) is 19.0 Å². The van der Waals surface area contributed by atoms with Crippen LogP contribution in [0, 0.1) is 18.7 Å². The molecule has 6 N–H and O–H groups in total. The highest BCUT2D eigenvalue weighted by Crippen LogP contribution is 2.47. The molecule has 0 radical (unpaired) electrons. The molecule has 5 heterocycles. The Balaban J connectivity index is 1.00. The van der Waals surface area contributed by atoms with Gasteiger partial charge < -0.3 is 59.9 Å². The van der Waals surface area contributed by atoms with Gasteiger partial charge in [-0.2, -0.15) is 0 Å². The molecule has 78 heavy (non-hydrogen) atoms. The van der Waals surface area contributed by atoms with Crippen molar-refractivity contribution in [3.05, 3.63) is 97.6 Å². The molecule has 0 unspecified atom stereocenters. The zero-order valence-electron chi connectivity index (χ0n) is 44.4. The lowest BCUT2D eigenvalue weighted by atomic mass is 9.81. The van der Waals surface area contributed by atoms with Crippen molar-refractivity contribution in [1.82, 2.24) is 30.4 Å². The molecule has 4 aliphatic rings. The molecule has 3 aliphatic heterocycles. The summed E-state index contributed by atoms with van der Waals surface area (Å²) in [6.45, 7) is 8.11. The first-order valence-corrected chi connectivity index (χ1v) is 26.7. The van der Waals surface area contributed by atoms with Crippen LogP contribution in [-0.4, -0.2) is 132 Å². The van der Waals surface area contributed by atoms with Gasteiger partial charge in [0.1, 0.15) is 30.5 Å². The average molecular weight is 1080 g/mol. The summed E-state index contributed by atoms with van der Waals surface area (Å²) >= 11 is 0. The van der Waals surface area contributed by atoms with Crippen molar-refractivity contribution in [2.75, 3.05) is 52.7 Å². The Bertz CT molecular complexity index is 3020. The second-order valence-corrected chi connectivity index (χ2v) is 20.4. The normalized spacial score (nSPS) is 18.9. The summed E-state index contributed by atoms with van der Waals surface area (Å²) in [4.78, 5) is 116. The van der Waals surface area contributed by atoms with Crippen molar-refractivity contribution in [3.63, 3.8) is 0 Å². The summed E-state index contributed by atoms with van der Waals surface area (Å²) in [5.41, 5.74) is 7.36. The molecule has 0 spiro atoms. The van der Waals surface area contributed by atoms with Gasteiger partial charge in [0, 0.05) is 48.5 Å². The first-order chi connectivity index (χ1) is 37.5. The molecule has 0 saturated carbocycles. The molecule has 21 nitrogen and oxygen atoms in total. The number of hydrogen-bond acceptors (Lipinski definition) is 15. The quantitative estimate of drug-likeness (QED) is 0.0414. The van der Waals surface area contributed by atoms with Crippen molar-refractivity contribution in [2.24, 2.45) is 11.7 Å². The smallest absolute Gasteiger partial charge is 0.355 e. The largest absolute Gasteiger partial charge is 0.481 e. The number of carboxylic acids is 1. The molecule has 1 saturated heterocycles. The van der Waals surface area contributed by atoms with Crippen molar-refractivity contribution < 1.29 is 66.7 Å². The summed E-state index contributed by atoms with van der Waals surface area (Å²) in [5.74, 6) is -6.87. The van der Waals surface area contributed by atoms with E-state index in [4.69, 9.17) is 34.4 Å². The monoisotopic (exact) mass is 1080 g/mol. The number of esters is 2. The fourth-order valence-corrected chi connectivity index (χ4v) is 10.9. The SMILES string of the molecule is CC[C@@]1(OC(=O)[C@@H](NC(=O)[C@@H]2CCCN2C(=O)[C@H](CC(=O)O)NC(=O)CCOCCOCCOCCN)C(C)C)C(=O)OCc2c1cc1n(c2=O)Cc2c-1nc1cc(F)c(C)c3c1c2[C@@H](NC(=O)CCc1ccccc1)CC3. The third kappa shape index (κ3) is 12.1. The number of benzene rings is 2. The van der Waals surface area contributed by atoms with Crippen LogP contribution in [0.5, 0.6) is 0 Å². The predicted molar refractivity (Wildman–Crippen MR) is 279 cm³/mol. The van der Waals surface area contributed by atoms with E-state index in [0.29, 0.717) is 79.8 Å². The molecule has 418 valence electrons. The number of pyridine rings is 2. The van der Waals surface area contributed by atoms with Gasteiger partial charge in [-0.05, 0) is 79.7 Å². The predicted octanol–water partition coefficient (Wildman–Crippen LogP) is 3.30. The van der Waals surface area contributed by atoms with Gasteiger partial charge in [0.2, 0.25) is 29.2 Å². The molecule has 1 aliphatic carbocycles. The molecule has 1 fully saturated rings. The Labute approximate surface area is 450 Å².